The second-order valence-corrected chi connectivity index (χ2v) is 7.42. The summed E-state index contributed by atoms with van der Waals surface area (Å²) in [6.45, 7) is -0.0530. The van der Waals surface area contributed by atoms with Crippen molar-refractivity contribution in [3.63, 3.8) is 0 Å². The molecule has 1 aliphatic heterocycles. The highest BCUT2D eigenvalue weighted by Crippen LogP contribution is 2.29. The summed E-state index contributed by atoms with van der Waals surface area (Å²) in [5, 5.41) is 9.00. The zero-order valence-corrected chi connectivity index (χ0v) is 14.2. The fourth-order valence-corrected chi connectivity index (χ4v) is 4.35. The number of sulfonamides is 1. The van der Waals surface area contributed by atoms with Gasteiger partial charge in [-0.3, -0.25) is 15.0 Å². The number of hydroxylamine groups is 1. The van der Waals surface area contributed by atoms with Crippen molar-refractivity contribution >= 4 is 15.9 Å². The topological polar surface area (TPSA) is 109 Å². The first kappa shape index (κ1) is 17.3. The number of benzene rings is 1. The molecule has 0 unspecified atom stereocenters. The van der Waals surface area contributed by atoms with Crippen LogP contribution in [0.5, 0.6) is 5.75 Å². The number of nitrogens with one attached hydrogen (secondary N) is 1. The number of methoxy groups -OCH3 is 1. The summed E-state index contributed by atoms with van der Waals surface area (Å²) < 4.78 is 32.1. The Morgan fingerprint density at radius 1 is 1.32 bits per heavy atom. The van der Waals surface area contributed by atoms with Gasteiger partial charge in [0, 0.05) is 6.20 Å². The second-order valence-electron chi connectivity index (χ2n) is 5.53. The summed E-state index contributed by atoms with van der Waals surface area (Å²) >= 11 is 0. The second kappa shape index (κ2) is 6.79. The van der Waals surface area contributed by atoms with Gasteiger partial charge in [0.15, 0.2) is 0 Å². The van der Waals surface area contributed by atoms with Crippen LogP contribution in [0.25, 0.3) is 0 Å². The fraction of sp³-hybridized carbons (Fsp3) is 0.250. The first-order chi connectivity index (χ1) is 12.0. The van der Waals surface area contributed by atoms with E-state index in [0.29, 0.717) is 11.4 Å². The van der Waals surface area contributed by atoms with E-state index in [-0.39, 0.29) is 17.9 Å². The van der Waals surface area contributed by atoms with E-state index in [0.717, 1.165) is 9.87 Å². The number of hydrogen-bond donors (Lipinski definition) is 2. The van der Waals surface area contributed by atoms with Gasteiger partial charge in [-0.05, 0) is 42.3 Å². The maximum Gasteiger partial charge on any atom is 0.262 e. The zero-order chi connectivity index (χ0) is 18.0. The Kier molecular flexibility index (Phi) is 4.71. The van der Waals surface area contributed by atoms with Crippen LogP contribution in [-0.2, 0) is 27.8 Å². The van der Waals surface area contributed by atoms with Gasteiger partial charge < -0.3 is 4.74 Å². The predicted octanol–water partition coefficient (Wildman–Crippen LogP) is 0.711. The molecule has 1 aromatic carbocycles. The maximum atomic E-state index is 13.0. The Morgan fingerprint density at radius 3 is 2.68 bits per heavy atom. The smallest absolute Gasteiger partial charge is 0.262 e. The monoisotopic (exact) mass is 363 g/mol. The van der Waals surface area contributed by atoms with E-state index in [1.54, 1.807) is 23.8 Å². The van der Waals surface area contributed by atoms with Crippen LogP contribution >= 0.6 is 0 Å². The lowest BCUT2D eigenvalue weighted by molar-refractivity contribution is -0.133. The predicted molar refractivity (Wildman–Crippen MR) is 87.4 cm³/mol. The minimum absolute atomic E-state index is 0.0309. The molecule has 1 atom stereocenters. The van der Waals surface area contributed by atoms with Crippen LogP contribution in [0.2, 0.25) is 0 Å². The van der Waals surface area contributed by atoms with Gasteiger partial charge >= 0.3 is 0 Å². The lowest BCUT2D eigenvalue weighted by Gasteiger charge is -2.33. The molecule has 2 aromatic rings. The summed E-state index contributed by atoms with van der Waals surface area (Å²) in [5.41, 5.74) is 2.91. The van der Waals surface area contributed by atoms with E-state index in [1.807, 2.05) is 0 Å². The summed E-state index contributed by atoms with van der Waals surface area (Å²) in [4.78, 5) is 16.3. The normalized spacial score (nSPS) is 17.6. The van der Waals surface area contributed by atoms with Gasteiger partial charge in [-0.1, -0.05) is 6.07 Å². The molecular weight excluding hydrogens is 346 g/mol. The SMILES string of the molecule is COc1ccc(S(=O)(=O)N2Cc3ncccc3C[C@@H]2C(=O)NO)cc1. The highest BCUT2D eigenvalue weighted by molar-refractivity contribution is 7.89. The highest BCUT2D eigenvalue weighted by atomic mass is 32.2. The summed E-state index contributed by atoms with van der Waals surface area (Å²) in [7, 11) is -2.48. The molecule has 132 valence electrons. The summed E-state index contributed by atoms with van der Waals surface area (Å²) in [6.07, 6.45) is 1.70. The first-order valence-electron chi connectivity index (χ1n) is 7.50. The van der Waals surface area contributed by atoms with Gasteiger partial charge in [0.1, 0.15) is 11.8 Å². The lowest BCUT2D eigenvalue weighted by atomic mass is 9.99. The van der Waals surface area contributed by atoms with Crippen LogP contribution in [0.3, 0.4) is 0 Å². The molecule has 0 bridgehead atoms. The first-order valence-corrected chi connectivity index (χ1v) is 8.94. The molecule has 1 aliphatic rings. The minimum atomic E-state index is -3.97. The van der Waals surface area contributed by atoms with E-state index in [4.69, 9.17) is 9.94 Å². The molecule has 2 N–H and O–H groups in total. The molecule has 0 radical (unpaired) electrons. The van der Waals surface area contributed by atoms with Crippen molar-refractivity contribution in [1.29, 1.82) is 0 Å². The minimum Gasteiger partial charge on any atom is -0.497 e. The van der Waals surface area contributed by atoms with E-state index >= 15 is 0 Å². The Hall–Kier alpha value is -2.49. The lowest BCUT2D eigenvalue weighted by Crippen LogP contribution is -2.52. The number of amides is 1. The van der Waals surface area contributed by atoms with Crippen LogP contribution in [0.1, 0.15) is 11.3 Å². The van der Waals surface area contributed by atoms with E-state index in [1.165, 1.54) is 31.4 Å². The van der Waals surface area contributed by atoms with Crippen LogP contribution in [0, 0.1) is 0 Å². The number of pyridine rings is 1. The maximum absolute atomic E-state index is 13.0. The van der Waals surface area contributed by atoms with Crippen LogP contribution < -0.4 is 10.2 Å². The molecule has 8 nitrogen and oxygen atoms in total. The largest absolute Gasteiger partial charge is 0.497 e. The van der Waals surface area contributed by atoms with Gasteiger partial charge in [-0.2, -0.15) is 4.31 Å². The Balaban J connectivity index is 2.03. The Morgan fingerprint density at radius 2 is 2.04 bits per heavy atom. The molecule has 0 saturated heterocycles. The molecule has 9 heteroatoms. The molecule has 2 heterocycles. The Bertz CT molecular complexity index is 883. The van der Waals surface area contributed by atoms with Crippen molar-refractivity contribution in [2.45, 2.75) is 23.9 Å². The average molecular weight is 363 g/mol. The summed E-state index contributed by atoms with van der Waals surface area (Å²) in [6, 6.07) is 8.34. The average Bonchev–Trinajstić information content (AvgIpc) is 2.66. The number of fused-ring (bicyclic) bond motifs is 1. The van der Waals surface area contributed by atoms with Gasteiger partial charge in [0.25, 0.3) is 5.91 Å². The third-order valence-electron chi connectivity index (χ3n) is 4.13. The number of carbonyl (C=O) groups excluding carboxylic acids is 1. The van der Waals surface area contributed by atoms with E-state index in [2.05, 4.69) is 4.98 Å². The van der Waals surface area contributed by atoms with Crippen molar-refractivity contribution < 1.29 is 23.2 Å². The van der Waals surface area contributed by atoms with Crippen molar-refractivity contribution in [3.05, 3.63) is 53.9 Å². The van der Waals surface area contributed by atoms with Crippen molar-refractivity contribution in [3.8, 4) is 5.75 Å². The van der Waals surface area contributed by atoms with Crippen LogP contribution in [0.4, 0.5) is 0 Å². The quantitative estimate of drug-likeness (QED) is 0.612. The van der Waals surface area contributed by atoms with Crippen LogP contribution in [0.15, 0.2) is 47.5 Å². The van der Waals surface area contributed by atoms with Crippen molar-refractivity contribution in [2.24, 2.45) is 0 Å². The molecule has 3 rings (SSSR count). The fourth-order valence-electron chi connectivity index (χ4n) is 2.80. The molecule has 0 aliphatic carbocycles. The molecule has 0 fully saturated rings. The number of aromatic nitrogens is 1. The van der Waals surface area contributed by atoms with E-state index < -0.39 is 22.0 Å². The van der Waals surface area contributed by atoms with Crippen molar-refractivity contribution in [2.75, 3.05) is 7.11 Å². The van der Waals surface area contributed by atoms with Crippen molar-refractivity contribution in [1.82, 2.24) is 14.8 Å². The molecule has 0 spiro atoms. The molecule has 1 aromatic heterocycles. The number of ether oxygens (including phenoxy) is 1. The van der Waals surface area contributed by atoms with Gasteiger partial charge in [-0.15, -0.1) is 0 Å². The number of rotatable bonds is 4. The number of nitrogens with zero attached hydrogens (tertiary/aromatic N) is 2. The molecule has 0 saturated carbocycles. The number of hydrogen-bond acceptors (Lipinski definition) is 6. The molecule has 1 amide bonds. The Labute approximate surface area is 145 Å². The standard InChI is InChI=1S/C16H17N3O5S/c1-24-12-4-6-13(7-5-12)25(22,23)19-10-14-11(3-2-8-17-14)9-15(19)16(20)18-21/h2-8,15,21H,9-10H2,1H3,(H,18,20)/t15-/m1/s1. The third kappa shape index (κ3) is 3.21. The molecule has 25 heavy (non-hydrogen) atoms. The number of carbonyl (C=O) groups is 1. The molecular formula is C16H17N3O5S. The van der Waals surface area contributed by atoms with Crippen LogP contribution in [-0.4, -0.2) is 42.0 Å². The summed E-state index contributed by atoms with van der Waals surface area (Å²) in [5.74, 6) is -0.263. The van der Waals surface area contributed by atoms with Gasteiger partial charge in [-0.25, -0.2) is 13.9 Å². The van der Waals surface area contributed by atoms with E-state index in [9.17, 15) is 13.2 Å². The zero-order valence-electron chi connectivity index (χ0n) is 13.4. The van der Waals surface area contributed by atoms with Gasteiger partial charge in [0.2, 0.25) is 10.0 Å². The highest BCUT2D eigenvalue weighted by Gasteiger charge is 2.40. The third-order valence-corrected chi connectivity index (χ3v) is 6.00. The van der Waals surface area contributed by atoms with Gasteiger partial charge in [0.05, 0.1) is 24.2 Å².